The lowest BCUT2D eigenvalue weighted by Crippen LogP contribution is -2.32. The van der Waals surface area contributed by atoms with Crippen LogP contribution in [-0.2, 0) is 9.53 Å². The Morgan fingerprint density at radius 2 is 2.44 bits per heavy atom. The molecule has 52 valence electrons. The van der Waals surface area contributed by atoms with Gasteiger partial charge in [0.15, 0.2) is 0 Å². The summed E-state index contributed by atoms with van der Waals surface area (Å²) in [6.45, 7) is 2.14. The summed E-state index contributed by atoms with van der Waals surface area (Å²) >= 11 is 0. The van der Waals surface area contributed by atoms with Crippen molar-refractivity contribution < 1.29 is 9.53 Å². The van der Waals surface area contributed by atoms with Gasteiger partial charge in [-0.3, -0.25) is 4.79 Å². The quantitative estimate of drug-likeness (QED) is 0.538. The van der Waals surface area contributed by atoms with Crippen molar-refractivity contribution in [2.75, 3.05) is 0 Å². The highest BCUT2D eigenvalue weighted by atomic mass is 16.6. The van der Waals surface area contributed by atoms with Crippen molar-refractivity contribution in [3.63, 3.8) is 0 Å². The van der Waals surface area contributed by atoms with Crippen molar-refractivity contribution >= 4 is 5.97 Å². The molecule has 1 unspecified atom stereocenters. The zero-order chi connectivity index (χ0) is 6.69. The predicted octanol–water partition coefficient (Wildman–Crippen LogP) is 1.49. The Balaban J connectivity index is 1.97. The minimum Gasteiger partial charge on any atom is -0.462 e. The zero-order valence-corrected chi connectivity index (χ0v) is 5.72. The molecule has 1 atom stereocenters. The average molecular weight is 128 g/mol. The Bertz CT molecular complexity index is 101. The summed E-state index contributed by atoms with van der Waals surface area (Å²) < 4.78 is 4.80. The normalized spacial score (nSPS) is 25.0. The second-order valence-electron chi connectivity index (χ2n) is 2.46. The smallest absolute Gasteiger partial charge is 0.309 e. The number of ether oxygens (including phenoxy) is 1. The molecule has 9 heavy (non-hydrogen) atoms. The number of esters is 1. The third-order valence-corrected chi connectivity index (χ3v) is 1.57. The van der Waals surface area contributed by atoms with Crippen molar-refractivity contribution in [3.8, 4) is 0 Å². The standard InChI is InChI=1S/C7H12O2/c1-2-3-4-6-5-7(8)9-6/h6H,2-5H2,1H3. The Labute approximate surface area is 55.2 Å². The third-order valence-electron chi connectivity index (χ3n) is 1.57. The van der Waals surface area contributed by atoms with Crippen LogP contribution in [0.25, 0.3) is 0 Å². The van der Waals surface area contributed by atoms with Crippen LogP contribution in [-0.4, -0.2) is 12.1 Å². The van der Waals surface area contributed by atoms with Crippen LogP contribution >= 0.6 is 0 Å². The lowest BCUT2D eigenvalue weighted by atomic mass is 10.1. The van der Waals surface area contributed by atoms with Gasteiger partial charge in [0.05, 0.1) is 6.42 Å². The number of hydrogen-bond acceptors (Lipinski definition) is 2. The van der Waals surface area contributed by atoms with E-state index in [0.29, 0.717) is 6.42 Å². The molecule has 1 heterocycles. The molecule has 1 rings (SSSR count). The van der Waals surface area contributed by atoms with Crippen molar-refractivity contribution in [2.45, 2.75) is 38.7 Å². The molecule has 0 N–H and O–H groups in total. The Morgan fingerprint density at radius 3 is 2.89 bits per heavy atom. The van der Waals surface area contributed by atoms with E-state index in [1.165, 1.54) is 12.8 Å². The highest BCUT2D eigenvalue weighted by Crippen LogP contribution is 2.18. The van der Waals surface area contributed by atoms with Gasteiger partial charge in [-0.15, -0.1) is 0 Å². The van der Waals surface area contributed by atoms with Gasteiger partial charge in [-0.25, -0.2) is 0 Å². The fraction of sp³-hybridized carbons (Fsp3) is 0.857. The molecule has 0 aromatic heterocycles. The molecule has 0 bridgehead atoms. The lowest BCUT2D eigenvalue weighted by molar-refractivity contribution is -0.169. The van der Waals surface area contributed by atoms with E-state index in [1.54, 1.807) is 0 Å². The van der Waals surface area contributed by atoms with E-state index in [4.69, 9.17) is 4.74 Å². The fourth-order valence-electron chi connectivity index (χ4n) is 0.955. The number of rotatable bonds is 3. The SMILES string of the molecule is CCCCC1CC(=O)O1. The highest BCUT2D eigenvalue weighted by molar-refractivity contribution is 5.75. The van der Waals surface area contributed by atoms with Crippen molar-refractivity contribution in [3.05, 3.63) is 0 Å². The van der Waals surface area contributed by atoms with Gasteiger partial charge in [0.1, 0.15) is 6.10 Å². The fourth-order valence-corrected chi connectivity index (χ4v) is 0.955. The largest absolute Gasteiger partial charge is 0.462 e. The van der Waals surface area contributed by atoms with Crippen LogP contribution in [0, 0.1) is 0 Å². The maximum atomic E-state index is 10.3. The van der Waals surface area contributed by atoms with E-state index in [9.17, 15) is 4.79 Å². The van der Waals surface area contributed by atoms with E-state index in [0.717, 1.165) is 6.42 Å². The first-order chi connectivity index (χ1) is 4.33. The van der Waals surface area contributed by atoms with Crippen LogP contribution < -0.4 is 0 Å². The van der Waals surface area contributed by atoms with E-state index >= 15 is 0 Å². The number of unbranched alkanes of at least 4 members (excludes halogenated alkanes) is 1. The lowest BCUT2D eigenvalue weighted by Gasteiger charge is -2.24. The van der Waals surface area contributed by atoms with E-state index in [1.807, 2.05) is 0 Å². The Hall–Kier alpha value is -0.530. The van der Waals surface area contributed by atoms with Crippen LogP contribution in [0.4, 0.5) is 0 Å². The highest BCUT2D eigenvalue weighted by Gasteiger charge is 2.26. The van der Waals surface area contributed by atoms with Crippen LogP contribution in [0.2, 0.25) is 0 Å². The molecule has 2 nitrogen and oxygen atoms in total. The first-order valence-electron chi connectivity index (χ1n) is 3.52. The number of carbonyl (C=O) groups is 1. The Kier molecular flexibility index (Phi) is 2.09. The van der Waals surface area contributed by atoms with E-state index in [2.05, 4.69) is 6.92 Å². The monoisotopic (exact) mass is 128 g/mol. The molecule has 0 spiro atoms. The second-order valence-corrected chi connectivity index (χ2v) is 2.46. The van der Waals surface area contributed by atoms with Gasteiger partial charge in [0, 0.05) is 0 Å². The summed E-state index contributed by atoms with van der Waals surface area (Å²) in [6, 6.07) is 0. The third kappa shape index (κ3) is 1.70. The molecule has 0 radical (unpaired) electrons. The summed E-state index contributed by atoms with van der Waals surface area (Å²) in [5, 5.41) is 0. The van der Waals surface area contributed by atoms with Crippen LogP contribution in [0.5, 0.6) is 0 Å². The molecule has 1 fully saturated rings. The average Bonchev–Trinajstić information content (AvgIpc) is 1.78. The van der Waals surface area contributed by atoms with Gasteiger partial charge in [-0.2, -0.15) is 0 Å². The van der Waals surface area contributed by atoms with E-state index < -0.39 is 0 Å². The predicted molar refractivity (Wildman–Crippen MR) is 34.0 cm³/mol. The van der Waals surface area contributed by atoms with Crippen molar-refractivity contribution in [2.24, 2.45) is 0 Å². The minimum absolute atomic E-state index is 0.0314. The molecule has 0 aromatic rings. The minimum atomic E-state index is -0.0314. The number of cyclic esters (lactones) is 1. The molecule has 0 saturated carbocycles. The number of carbonyl (C=O) groups excluding carboxylic acids is 1. The maximum absolute atomic E-state index is 10.3. The zero-order valence-electron chi connectivity index (χ0n) is 5.72. The van der Waals surface area contributed by atoms with Crippen LogP contribution in [0.15, 0.2) is 0 Å². The van der Waals surface area contributed by atoms with Crippen molar-refractivity contribution in [1.82, 2.24) is 0 Å². The summed E-state index contributed by atoms with van der Waals surface area (Å²) in [4.78, 5) is 10.3. The van der Waals surface area contributed by atoms with Gasteiger partial charge in [-0.05, 0) is 6.42 Å². The summed E-state index contributed by atoms with van der Waals surface area (Å²) in [5.41, 5.74) is 0. The topological polar surface area (TPSA) is 26.3 Å². The molecule has 2 heteroatoms. The summed E-state index contributed by atoms with van der Waals surface area (Å²) in [7, 11) is 0. The van der Waals surface area contributed by atoms with Crippen LogP contribution in [0.3, 0.4) is 0 Å². The summed E-state index contributed by atoms with van der Waals surface area (Å²) in [5.74, 6) is -0.0314. The van der Waals surface area contributed by atoms with Crippen LogP contribution in [0.1, 0.15) is 32.6 Å². The van der Waals surface area contributed by atoms with Gasteiger partial charge in [-0.1, -0.05) is 19.8 Å². The van der Waals surface area contributed by atoms with Gasteiger partial charge in [0.25, 0.3) is 0 Å². The molecule has 1 aliphatic rings. The second kappa shape index (κ2) is 2.85. The first-order valence-corrected chi connectivity index (χ1v) is 3.52. The molecule has 1 saturated heterocycles. The molecule has 1 aliphatic heterocycles. The van der Waals surface area contributed by atoms with Gasteiger partial charge < -0.3 is 4.74 Å². The van der Waals surface area contributed by atoms with Crippen molar-refractivity contribution in [1.29, 1.82) is 0 Å². The molecule has 0 amide bonds. The van der Waals surface area contributed by atoms with E-state index in [-0.39, 0.29) is 12.1 Å². The first kappa shape index (κ1) is 6.59. The molecular formula is C7H12O2. The molecule has 0 aromatic carbocycles. The molecule has 0 aliphatic carbocycles. The molecular weight excluding hydrogens is 116 g/mol. The van der Waals surface area contributed by atoms with Gasteiger partial charge in [0.2, 0.25) is 0 Å². The number of hydrogen-bond donors (Lipinski definition) is 0. The Morgan fingerprint density at radius 1 is 1.78 bits per heavy atom. The maximum Gasteiger partial charge on any atom is 0.309 e. The van der Waals surface area contributed by atoms with Gasteiger partial charge >= 0.3 is 5.97 Å². The summed E-state index contributed by atoms with van der Waals surface area (Å²) in [6.07, 6.45) is 4.34.